The Morgan fingerprint density at radius 1 is 1.36 bits per heavy atom. The molecule has 0 saturated carbocycles. The number of carbonyl (C=O) groups excluding carboxylic acids is 1. The van der Waals surface area contributed by atoms with Gasteiger partial charge in [0.15, 0.2) is 17.1 Å². The summed E-state index contributed by atoms with van der Waals surface area (Å²) in [5.41, 5.74) is -0.917. The first kappa shape index (κ1) is 19.4. The minimum absolute atomic E-state index is 0.193. The Labute approximate surface area is 145 Å². The molecule has 6 nitrogen and oxygen atoms in total. The van der Waals surface area contributed by atoms with Crippen LogP contribution < -0.4 is 14.8 Å². The highest BCUT2D eigenvalue weighted by molar-refractivity contribution is 5.86. The lowest BCUT2D eigenvalue weighted by molar-refractivity contribution is -0.157. The van der Waals surface area contributed by atoms with Gasteiger partial charge in [0.1, 0.15) is 0 Å². The third-order valence-electron chi connectivity index (χ3n) is 4.27. The molecule has 2 N–H and O–H groups in total. The van der Waals surface area contributed by atoms with Crippen LogP contribution in [0.3, 0.4) is 0 Å². The number of methoxy groups -OCH3 is 2. The van der Waals surface area contributed by atoms with E-state index < -0.39 is 24.5 Å². The Bertz CT molecular complexity index is 600. The van der Waals surface area contributed by atoms with Gasteiger partial charge in [-0.05, 0) is 18.9 Å². The molecule has 0 radical (unpaired) electrons. The van der Waals surface area contributed by atoms with Crippen molar-refractivity contribution in [2.45, 2.75) is 31.4 Å². The quantitative estimate of drug-likeness (QED) is 0.735. The number of para-hydroxylation sites is 1. The first-order chi connectivity index (χ1) is 11.9. The number of ether oxygens (including phenoxy) is 2. The van der Waals surface area contributed by atoms with Crippen molar-refractivity contribution in [1.82, 2.24) is 10.2 Å². The standard InChI is InChI=1S/C17H24F2N2O4/c1-24-13-6-3-5-12(15(13)25-2)10-21-8-4-7-17(23,16(21)22)11-20-9-14(18)19/h3,5-6,14,20,23H,4,7-11H2,1-2H3/t17-/m1/s1. The summed E-state index contributed by atoms with van der Waals surface area (Å²) < 4.78 is 35.1. The van der Waals surface area contributed by atoms with E-state index in [9.17, 15) is 18.7 Å². The summed E-state index contributed by atoms with van der Waals surface area (Å²) in [7, 11) is 3.05. The molecular weight excluding hydrogens is 334 g/mol. The molecule has 8 heteroatoms. The molecule has 0 aliphatic carbocycles. The number of carbonyl (C=O) groups is 1. The number of benzene rings is 1. The average Bonchev–Trinajstić information content (AvgIpc) is 2.58. The first-order valence-electron chi connectivity index (χ1n) is 8.12. The number of rotatable bonds is 8. The average molecular weight is 358 g/mol. The number of hydrogen-bond donors (Lipinski definition) is 2. The number of hydrogen-bond acceptors (Lipinski definition) is 5. The van der Waals surface area contributed by atoms with E-state index in [-0.39, 0.29) is 19.5 Å². The smallest absolute Gasteiger partial charge is 0.256 e. The predicted octanol–water partition coefficient (Wildman–Crippen LogP) is 1.41. The zero-order valence-electron chi connectivity index (χ0n) is 14.4. The van der Waals surface area contributed by atoms with E-state index in [1.54, 1.807) is 12.1 Å². The molecule has 1 aromatic carbocycles. The molecule has 1 atom stereocenters. The van der Waals surface area contributed by atoms with Gasteiger partial charge in [-0.2, -0.15) is 0 Å². The number of aliphatic hydroxyl groups is 1. The van der Waals surface area contributed by atoms with E-state index >= 15 is 0 Å². The molecule has 1 fully saturated rings. The molecule has 0 unspecified atom stereocenters. The van der Waals surface area contributed by atoms with Crippen molar-refractivity contribution < 1.29 is 28.2 Å². The highest BCUT2D eigenvalue weighted by Crippen LogP contribution is 2.33. The summed E-state index contributed by atoms with van der Waals surface area (Å²) in [6.07, 6.45) is -1.70. The van der Waals surface area contributed by atoms with E-state index in [4.69, 9.17) is 9.47 Å². The maximum absolute atomic E-state index is 12.7. The predicted molar refractivity (Wildman–Crippen MR) is 88.0 cm³/mol. The molecule has 0 spiro atoms. The van der Waals surface area contributed by atoms with E-state index in [0.717, 1.165) is 5.56 Å². The molecule has 140 valence electrons. The Kier molecular flexibility index (Phi) is 6.55. The second-order valence-corrected chi connectivity index (χ2v) is 6.04. The molecule has 1 aromatic rings. The van der Waals surface area contributed by atoms with Crippen LogP contribution >= 0.6 is 0 Å². The van der Waals surface area contributed by atoms with E-state index in [0.29, 0.717) is 24.5 Å². The van der Waals surface area contributed by atoms with E-state index in [1.165, 1.54) is 19.1 Å². The molecule has 2 rings (SSSR count). The van der Waals surface area contributed by atoms with Crippen molar-refractivity contribution in [1.29, 1.82) is 0 Å². The first-order valence-corrected chi connectivity index (χ1v) is 8.12. The van der Waals surface area contributed by atoms with Gasteiger partial charge in [0, 0.05) is 25.2 Å². The van der Waals surface area contributed by atoms with Gasteiger partial charge in [-0.25, -0.2) is 8.78 Å². The molecule has 0 bridgehead atoms. The van der Waals surface area contributed by atoms with Crippen LogP contribution in [0.4, 0.5) is 8.78 Å². The lowest BCUT2D eigenvalue weighted by atomic mass is 9.91. The fraction of sp³-hybridized carbons (Fsp3) is 0.588. The lowest BCUT2D eigenvalue weighted by Crippen LogP contribution is -2.58. The van der Waals surface area contributed by atoms with E-state index in [2.05, 4.69) is 5.32 Å². The van der Waals surface area contributed by atoms with Crippen LogP contribution in [-0.4, -0.2) is 61.8 Å². The van der Waals surface area contributed by atoms with Crippen LogP contribution in [0, 0.1) is 0 Å². The lowest BCUT2D eigenvalue weighted by Gasteiger charge is -2.38. The van der Waals surface area contributed by atoms with Crippen LogP contribution in [-0.2, 0) is 11.3 Å². The maximum Gasteiger partial charge on any atom is 0.256 e. The summed E-state index contributed by atoms with van der Waals surface area (Å²) in [5, 5.41) is 13.0. The third kappa shape index (κ3) is 4.58. The number of likely N-dealkylation sites (tertiary alicyclic amines) is 1. The van der Waals surface area contributed by atoms with Crippen molar-refractivity contribution in [3.8, 4) is 11.5 Å². The highest BCUT2D eigenvalue weighted by atomic mass is 19.3. The molecule has 1 amide bonds. The van der Waals surface area contributed by atoms with Gasteiger partial charge >= 0.3 is 0 Å². The van der Waals surface area contributed by atoms with Crippen LogP contribution in [0.15, 0.2) is 18.2 Å². The van der Waals surface area contributed by atoms with Gasteiger partial charge in [-0.1, -0.05) is 12.1 Å². The molecule has 1 heterocycles. The molecule has 1 saturated heterocycles. The summed E-state index contributed by atoms with van der Waals surface area (Å²) in [4.78, 5) is 14.2. The molecule has 25 heavy (non-hydrogen) atoms. The van der Waals surface area contributed by atoms with Crippen LogP contribution in [0.1, 0.15) is 18.4 Å². The molecular formula is C17H24F2N2O4. The fourth-order valence-corrected chi connectivity index (χ4v) is 3.05. The molecule has 0 aromatic heterocycles. The number of halogens is 2. The minimum atomic E-state index is -2.53. The Balaban J connectivity index is 2.11. The third-order valence-corrected chi connectivity index (χ3v) is 4.27. The Morgan fingerprint density at radius 3 is 2.76 bits per heavy atom. The zero-order chi connectivity index (χ0) is 18.4. The molecule has 1 aliphatic rings. The number of amides is 1. The minimum Gasteiger partial charge on any atom is -0.493 e. The van der Waals surface area contributed by atoms with Crippen LogP contribution in [0.25, 0.3) is 0 Å². The second kappa shape index (κ2) is 8.44. The topological polar surface area (TPSA) is 71.0 Å². The van der Waals surface area contributed by atoms with Crippen LogP contribution in [0.5, 0.6) is 11.5 Å². The van der Waals surface area contributed by atoms with Crippen molar-refractivity contribution in [3.63, 3.8) is 0 Å². The van der Waals surface area contributed by atoms with Gasteiger partial charge in [-0.3, -0.25) is 4.79 Å². The monoisotopic (exact) mass is 358 g/mol. The largest absolute Gasteiger partial charge is 0.493 e. The number of nitrogens with one attached hydrogen (secondary N) is 1. The summed E-state index contributed by atoms with van der Waals surface area (Å²) >= 11 is 0. The van der Waals surface area contributed by atoms with Gasteiger partial charge in [0.05, 0.1) is 20.8 Å². The number of alkyl halides is 2. The van der Waals surface area contributed by atoms with Gasteiger partial charge < -0.3 is 24.8 Å². The summed E-state index contributed by atoms with van der Waals surface area (Å²) in [6, 6.07) is 5.36. The SMILES string of the molecule is COc1cccc(CN2CCC[C@@](O)(CNCC(F)F)C2=O)c1OC. The van der Waals surface area contributed by atoms with Gasteiger partial charge in [0.2, 0.25) is 0 Å². The Hall–Kier alpha value is -1.93. The van der Waals surface area contributed by atoms with Crippen molar-refractivity contribution in [3.05, 3.63) is 23.8 Å². The maximum atomic E-state index is 12.7. The molecule has 1 aliphatic heterocycles. The highest BCUT2D eigenvalue weighted by Gasteiger charge is 2.42. The van der Waals surface area contributed by atoms with Crippen molar-refractivity contribution in [2.24, 2.45) is 0 Å². The van der Waals surface area contributed by atoms with Gasteiger partial charge in [-0.15, -0.1) is 0 Å². The fourth-order valence-electron chi connectivity index (χ4n) is 3.05. The number of nitrogens with zero attached hydrogens (tertiary/aromatic N) is 1. The van der Waals surface area contributed by atoms with Crippen molar-refractivity contribution in [2.75, 3.05) is 33.9 Å². The number of piperidine rings is 1. The summed E-state index contributed by atoms with van der Waals surface area (Å²) in [6.45, 7) is -0.0199. The summed E-state index contributed by atoms with van der Waals surface area (Å²) in [5.74, 6) is 0.617. The van der Waals surface area contributed by atoms with Crippen molar-refractivity contribution >= 4 is 5.91 Å². The Morgan fingerprint density at radius 2 is 2.12 bits per heavy atom. The van der Waals surface area contributed by atoms with Crippen LogP contribution in [0.2, 0.25) is 0 Å². The van der Waals surface area contributed by atoms with Gasteiger partial charge in [0.25, 0.3) is 12.3 Å². The van der Waals surface area contributed by atoms with E-state index in [1.807, 2.05) is 6.07 Å². The second-order valence-electron chi connectivity index (χ2n) is 6.04. The zero-order valence-corrected chi connectivity index (χ0v) is 14.4. The normalized spacial score (nSPS) is 20.9.